The number of benzene rings is 2. The van der Waals surface area contributed by atoms with Gasteiger partial charge in [-0.15, -0.1) is 12.4 Å². The molecule has 0 bridgehead atoms. The molecule has 0 saturated carbocycles. The van der Waals surface area contributed by atoms with Gasteiger partial charge in [0, 0.05) is 24.5 Å². The number of rotatable bonds is 3. The second-order valence-electron chi connectivity index (χ2n) is 6.49. The Morgan fingerprint density at radius 3 is 2.83 bits per heavy atom. The van der Waals surface area contributed by atoms with Crippen LogP contribution in [-0.2, 0) is 11.2 Å². The van der Waals surface area contributed by atoms with Crippen molar-refractivity contribution in [2.75, 3.05) is 13.1 Å². The molecular weight excluding hydrogens is 314 g/mol. The van der Waals surface area contributed by atoms with Crippen LogP contribution in [0.15, 0.2) is 30.3 Å². The number of phenols is 2. The minimum atomic E-state index is -0.188. The molecule has 1 heterocycles. The third kappa shape index (κ3) is 3.89. The lowest BCUT2D eigenvalue weighted by Gasteiger charge is -2.38. The fourth-order valence-electron chi connectivity index (χ4n) is 3.33. The van der Waals surface area contributed by atoms with E-state index in [4.69, 9.17) is 4.74 Å². The van der Waals surface area contributed by atoms with Crippen LogP contribution >= 0.6 is 12.4 Å². The Kier molecular flexibility index (Phi) is 5.40. The predicted molar refractivity (Wildman–Crippen MR) is 94.7 cm³/mol. The van der Waals surface area contributed by atoms with Crippen LogP contribution in [0.2, 0.25) is 0 Å². The van der Waals surface area contributed by atoms with E-state index in [2.05, 4.69) is 19.2 Å². The van der Waals surface area contributed by atoms with E-state index in [9.17, 15) is 10.2 Å². The molecule has 0 aromatic heterocycles. The zero-order valence-electron chi connectivity index (χ0n) is 13.5. The molecule has 1 saturated heterocycles. The molecule has 2 aromatic carbocycles. The van der Waals surface area contributed by atoms with Gasteiger partial charge in [0.1, 0.15) is 11.5 Å². The summed E-state index contributed by atoms with van der Waals surface area (Å²) in [5, 5.41) is 24.9. The number of halogens is 1. The molecule has 2 atom stereocenters. The lowest BCUT2D eigenvalue weighted by molar-refractivity contribution is -0.101. The second kappa shape index (κ2) is 6.95. The zero-order chi connectivity index (χ0) is 15.7. The molecule has 1 aliphatic heterocycles. The Balaban J connectivity index is 0.00000192. The molecule has 0 amide bonds. The Bertz CT molecular complexity index is 691. The Labute approximate surface area is 142 Å². The average molecular weight is 338 g/mol. The Morgan fingerprint density at radius 1 is 1.30 bits per heavy atom. The number of fused-ring (bicyclic) bond motifs is 1. The molecule has 3 rings (SSSR count). The van der Waals surface area contributed by atoms with Gasteiger partial charge in [-0.3, -0.25) is 0 Å². The minimum Gasteiger partial charge on any atom is -0.508 e. The number of aryl methyl sites for hydroxylation is 1. The highest BCUT2D eigenvalue weighted by Crippen LogP contribution is 2.34. The third-order valence-corrected chi connectivity index (χ3v) is 4.37. The van der Waals surface area contributed by atoms with Crippen LogP contribution < -0.4 is 5.32 Å². The fraction of sp³-hybridized carbons (Fsp3) is 0.444. The molecule has 0 spiro atoms. The van der Waals surface area contributed by atoms with Crippen molar-refractivity contribution in [2.24, 2.45) is 0 Å². The highest BCUT2D eigenvalue weighted by atomic mass is 35.5. The molecular formula is C18H24ClNO3. The van der Waals surface area contributed by atoms with E-state index in [1.807, 2.05) is 18.2 Å². The molecule has 2 unspecified atom stereocenters. The van der Waals surface area contributed by atoms with Crippen molar-refractivity contribution in [3.05, 3.63) is 35.9 Å². The normalized spacial score (nSPS) is 24.3. The molecule has 3 N–H and O–H groups in total. The summed E-state index contributed by atoms with van der Waals surface area (Å²) in [5.41, 5.74) is 0.893. The van der Waals surface area contributed by atoms with E-state index in [1.165, 1.54) is 6.07 Å². The predicted octanol–water partition coefficient (Wildman–Crippen LogP) is 3.37. The smallest absolute Gasteiger partial charge is 0.127 e. The van der Waals surface area contributed by atoms with Crippen molar-refractivity contribution in [3.63, 3.8) is 0 Å². The van der Waals surface area contributed by atoms with E-state index in [-0.39, 0.29) is 35.6 Å². The van der Waals surface area contributed by atoms with Crippen molar-refractivity contribution in [3.8, 4) is 11.5 Å². The number of phenolic OH excluding ortho intramolecular Hbond substituents is 2. The summed E-state index contributed by atoms with van der Waals surface area (Å²) in [6.07, 6.45) is 1.92. The highest BCUT2D eigenvalue weighted by molar-refractivity contribution is 5.92. The summed E-state index contributed by atoms with van der Waals surface area (Å²) in [7, 11) is 0. The molecule has 5 heteroatoms. The Morgan fingerprint density at radius 2 is 2.09 bits per heavy atom. The van der Waals surface area contributed by atoms with Gasteiger partial charge in [0.05, 0.1) is 11.7 Å². The van der Waals surface area contributed by atoms with Crippen molar-refractivity contribution in [1.29, 1.82) is 0 Å². The lowest BCUT2D eigenvalue weighted by atomic mass is 9.92. The third-order valence-electron chi connectivity index (χ3n) is 4.37. The largest absolute Gasteiger partial charge is 0.508 e. The van der Waals surface area contributed by atoms with Crippen molar-refractivity contribution < 1.29 is 14.9 Å². The summed E-state index contributed by atoms with van der Waals surface area (Å²) in [5.74, 6) is 0.217. The van der Waals surface area contributed by atoms with Crippen LogP contribution in [0.5, 0.6) is 11.5 Å². The second-order valence-corrected chi connectivity index (χ2v) is 6.49. The van der Waals surface area contributed by atoms with Gasteiger partial charge in [-0.2, -0.15) is 0 Å². The molecule has 0 aliphatic carbocycles. The summed E-state index contributed by atoms with van der Waals surface area (Å²) in [6.45, 7) is 5.95. The molecule has 1 fully saturated rings. The van der Waals surface area contributed by atoms with Gasteiger partial charge in [-0.25, -0.2) is 0 Å². The molecule has 126 valence electrons. The maximum atomic E-state index is 10.2. The van der Waals surface area contributed by atoms with Crippen molar-refractivity contribution in [2.45, 2.75) is 38.4 Å². The van der Waals surface area contributed by atoms with E-state index in [0.717, 1.165) is 42.3 Å². The van der Waals surface area contributed by atoms with E-state index < -0.39 is 0 Å². The van der Waals surface area contributed by atoms with Crippen LogP contribution in [0.4, 0.5) is 0 Å². The minimum absolute atomic E-state index is 0. The summed E-state index contributed by atoms with van der Waals surface area (Å²) >= 11 is 0. The quantitative estimate of drug-likeness (QED) is 0.803. The number of ether oxygens (including phenoxy) is 1. The first-order valence-electron chi connectivity index (χ1n) is 7.79. The Hall–Kier alpha value is -1.49. The van der Waals surface area contributed by atoms with Crippen molar-refractivity contribution in [1.82, 2.24) is 5.32 Å². The highest BCUT2D eigenvalue weighted by Gasteiger charge is 2.30. The first-order valence-corrected chi connectivity index (χ1v) is 7.79. The number of hydrogen-bond donors (Lipinski definition) is 3. The maximum absolute atomic E-state index is 10.2. The lowest BCUT2D eigenvalue weighted by Crippen LogP contribution is -2.51. The van der Waals surface area contributed by atoms with Gasteiger partial charge < -0.3 is 20.3 Å². The van der Waals surface area contributed by atoms with E-state index in [0.29, 0.717) is 0 Å². The molecule has 4 nitrogen and oxygen atoms in total. The summed E-state index contributed by atoms with van der Waals surface area (Å²) in [4.78, 5) is 0. The number of nitrogens with one attached hydrogen (secondary N) is 1. The van der Waals surface area contributed by atoms with Gasteiger partial charge in [0.25, 0.3) is 0 Å². The van der Waals surface area contributed by atoms with Crippen molar-refractivity contribution >= 4 is 23.2 Å². The van der Waals surface area contributed by atoms with Gasteiger partial charge in [-0.1, -0.05) is 18.2 Å². The van der Waals surface area contributed by atoms with Crippen LogP contribution in [0.1, 0.15) is 25.8 Å². The van der Waals surface area contributed by atoms with Crippen LogP contribution in [0.3, 0.4) is 0 Å². The topological polar surface area (TPSA) is 61.7 Å². The van der Waals surface area contributed by atoms with E-state index in [1.54, 1.807) is 6.07 Å². The average Bonchev–Trinajstić information content (AvgIpc) is 2.44. The molecule has 23 heavy (non-hydrogen) atoms. The number of hydrogen-bond acceptors (Lipinski definition) is 4. The van der Waals surface area contributed by atoms with Crippen LogP contribution in [0, 0.1) is 0 Å². The SMILES string of the molecule is CC1CNCC(C)(CCc2cccc3cc(O)cc(O)c23)O1.Cl. The molecule has 1 aliphatic rings. The standard InChI is InChI=1S/C18H23NO3.ClH/c1-12-10-19-11-18(2,22-12)7-6-13-4-3-5-14-8-15(20)9-16(21)17(13)14;/h3-5,8-9,12,19-21H,6-7,10-11H2,1-2H3;1H. The summed E-state index contributed by atoms with van der Waals surface area (Å²) < 4.78 is 6.09. The number of morpholine rings is 1. The maximum Gasteiger partial charge on any atom is 0.127 e. The van der Waals surface area contributed by atoms with Gasteiger partial charge in [0.2, 0.25) is 0 Å². The van der Waals surface area contributed by atoms with Gasteiger partial charge >= 0.3 is 0 Å². The number of aromatic hydroxyl groups is 2. The molecule has 2 aromatic rings. The summed E-state index contributed by atoms with van der Waals surface area (Å²) in [6, 6.07) is 8.97. The van der Waals surface area contributed by atoms with Gasteiger partial charge in [0.15, 0.2) is 0 Å². The monoisotopic (exact) mass is 337 g/mol. The van der Waals surface area contributed by atoms with Crippen LogP contribution in [0.25, 0.3) is 10.8 Å². The first-order chi connectivity index (χ1) is 10.5. The first kappa shape index (κ1) is 17.9. The fourth-order valence-corrected chi connectivity index (χ4v) is 3.33. The van der Waals surface area contributed by atoms with Crippen LogP contribution in [-0.4, -0.2) is 35.0 Å². The zero-order valence-corrected chi connectivity index (χ0v) is 14.3. The molecule has 0 radical (unpaired) electrons. The van der Waals surface area contributed by atoms with Gasteiger partial charge in [-0.05, 0) is 43.7 Å². The van der Waals surface area contributed by atoms with E-state index >= 15 is 0 Å².